The van der Waals surface area contributed by atoms with Crippen molar-refractivity contribution < 1.29 is 14.4 Å². The summed E-state index contributed by atoms with van der Waals surface area (Å²) in [7, 11) is -1.06. The van der Waals surface area contributed by atoms with Crippen molar-refractivity contribution in [3.63, 3.8) is 0 Å². The van der Waals surface area contributed by atoms with E-state index in [1.807, 2.05) is 7.05 Å². The van der Waals surface area contributed by atoms with E-state index in [4.69, 9.17) is 14.4 Å². The van der Waals surface area contributed by atoms with E-state index in [1.165, 1.54) is 0 Å². The minimum Gasteiger partial charge on any atom is -0.394 e. The van der Waals surface area contributed by atoms with Crippen molar-refractivity contribution in [2.24, 2.45) is 0 Å². The van der Waals surface area contributed by atoms with Gasteiger partial charge in [-0.2, -0.15) is 0 Å². The number of rotatable bonds is 1. The lowest BCUT2D eigenvalue weighted by atomic mass is 11.0. The Balaban J connectivity index is 0. The van der Waals surface area contributed by atoms with Crippen molar-refractivity contribution >= 4 is 8.25 Å². The average molecular weight is 138 g/mol. The predicted molar refractivity (Wildman–Crippen MR) is 31.3 cm³/mol. The third-order valence-electron chi connectivity index (χ3n) is 0.204. The zero-order valence-electron chi connectivity index (χ0n) is 4.53. The van der Waals surface area contributed by atoms with Crippen LogP contribution in [0.3, 0.4) is 0 Å². The van der Waals surface area contributed by atoms with E-state index in [9.17, 15) is 0 Å². The summed E-state index contributed by atoms with van der Waals surface area (Å²) in [5, 5.41) is 2.69. The smallest absolute Gasteiger partial charge is 0.394 e. The lowest BCUT2D eigenvalue weighted by Crippen LogP contribution is -1.87. The van der Waals surface area contributed by atoms with Gasteiger partial charge in [-0.3, -0.25) is 0 Å². The van der Waals surface area contributed by atoms with E-state index in [2.05, 4.69) is 11.9 Å². The molecule has 0 aliphatic rings. The molecule has 0 amide bonds. The molecule has 0 aromatic carbocycles. The summed E-state index contributed by atoms with van der Waals surface area (Å²) >= 11 is 0. The Morgan fingerprint density at radius 2 is 1.88 bits per heavy atom. The van der Waals surface area contributed by atoms with Gasteiger partial charge < -0.3 is 5.32 Å². The summed E-state index contributed by atoms with van der Waals surface area (Å²) < 4.78 is 8.70. The topological polar surface area (TPSA) is 69.6 Å². The molecule has 0 saturated heterocycles. The summed E-state index contributed by atoms with van der Waals surface area (Å²) in [5.41, 5.74) is 0. The first-order valence-electron chi connectivity index (χ1n) is 1.78. The van der Waals surface area contributed by atoms with Gasteiger partial charge in [0.15, 0.2) is 0 Å². The summed E-state index contributed by atoms with van der Waals surface area (Å²) in [6.07, 6.45) is 1.62. The molecule has 3 N–H and O–H groups in total. The first-order valence-corrected chi connectivity index (χ1v) is 2.94. The standard InChI is InChI=1S/C3H7N.HO3P/c1-3-4-2;1-4(2)3/h3-4H,1H2,2H3;(H-,1,2,3)/p+1. The lowest BCUT2D eigenvalue weighted by molar-refractivity contribution is 0.405. The summed E-state index contributed by atoms with van der Waals surface area (Å²) in [6.45, 7) is 3.37. The molecule has 48 valence electrons. The van der Waals surface area contributed by atoms with Gasteiger partial charge in [0.25, 0.3) is 0 Å². The van der Waals surface area contributed by atoms with E-state index >= 15 is 0 Å². The van der Waals surface area contributed by atoms with Crippen LogP contribution in [0.5, 0.6) is 0 Å². The third-order valence-corrected chi connectivity index (χ3v) is 0.204. The zero-order chi connectivity index (χ0) is 6.99. The Bertz CT molecular complexity index is 70.9. The maximum absolute atomic E-state index is 8.70. The molecule has 0 saturated carbocycles. The number of hydrogen-bond donors (Lipinski definition) is 3. The maximum atomic E-state index is 8.70. The van der Waals surface area contributed by atoms with Crippen molar-refractivity contribution in [3.05, 3.63) is 12.8 Å². The molecule has 8 heavy (non-hydrogen) atoms. The van der Waals surface area contributed by atoms with Crippen LogP contribution in [0.4, 0.5) is 0 Å². The first-order chi connectivity index (χ1) is 3.65. The van der Waals surface area contributed by atoms with Gasteiger partial charge in [0, 0.05) is 11.6 Å². The van der Waals surface area contributed by atoms with Crippen LogP contribution in [0, 0.1) is 0 Å². The Labute approximate surface area is 48.8 Å². The maximum Gasteiger partial charge on any atom is 0.692 e. The molecule has 0 spiro atoms. The van der Waals surface area contributed by atoms with Crippen molar-refractivity contribution in [2.75, 3.05) is 7.05 Å². The van der Waals surface area contributed by atoms with Gasteiger partial charge in [0.1, 0.15) is 0 Å². The van der Waals surface area contributed by atoms with Crippen molar-refractivity contribution in [3.8, 4) is 0 Å². The van der Waals surface area contributed by atoms with Gasteiger partial charge in [-0.15, -0.1) is 9.79 Å². The average Bonchev–Trinajstić information content (AvgIpc) is 1.65. The molecule has 0 aliphatic carbocycles. The molecule has 0 rings (SSSR count). The highest BCUT2D eigenvalue weighted by atomic mass is 31.1. The van der Waals surface area contributed by atoms with Crippen LogP contribution in [0.2, 0.25) is 0 Å². The van der Waals surface area contributed by atoms with Crippen LogP contribution in [-0.2, 0) is 4.57 Å². The first kappa shape index (κ1) is 10.5. The summed E-state index contributed by atoms with van der Waals surface area (Å²) in [6, 6.07) is 0. The van der Waals surface area contributed by atoms with Gasteiger partial charge in [0.05, 0.1) is 0 Å². The number of nitrogens with one attached hydrogen (secondary N) is 1. The van der Waals surface area contributed by atoms with Gasteiger partial charge in [0.2, 0.25) is 0 Å². The van der Waals surface area contributed by atoms with Crippen LogP contribution in [0.1, 0.15) is 0 Å². The molecule has 0 aromatic rings. The molecule has 0 bridgehead atoms. The third kappa shape index (κ3) is 369. The fourth-order valence-electron chi connectivity index (χ4n) is 0. The second kappa shape index (κ2) is 9.75. The largest absolute Gasteiger partial charge is 0.692 e. The highest BCUT2D eigenvalue weighted by Gasteiger charge is 1.93. The Kier molecular flexibility index (Phi) is 12.8. The molecule has 0 aliphatic heterocycles. The van der Waals surface area contributed by atoms with Crippen LogP contribution in [0.15, 0.2) is 12.8 Å². The van der Waals surface area contributed by atoms with Gasteiger partial charge in [-0.05, 0) is 6.20 Å². The lowest BCUT2D eigenvalue weighted by Gasteiger charge is -1.70. The van der Waals surface area contributed by atoms with Crippen LogP contribution >= 0.6 is 8.25 Å². The highest BCUT2D eigenvalue weighted by Crippen LogP contribution is 1.98. The summed E-state index contributed by atoms with van der Waals surface area (Å²) in [5.74, 6) is 0. The second-order valence-electron chi connectivity index (χ2n) is 0.746. The quantitative estimate of drug-likeness (QED) is 0.445. The molecular weight excluding hydrogens is 129 g/mol. The fraction of sp³-hybridized carbons (Fsp3) is 0.333. The molecule has 0 heterocycles. The Hall–Kier alpha value is -0.440. The van der Waals surface area contributed by atoms with Crippen molar-refractivity contribution in [1.82, 2.24) is 5.32 Å². The molecule has 0 atom stereocenters. The molecule has 0 radical (unpaired) electrons. The van der Waals surface area contributed by atoms with Gasteiger partial charge in [-0.1, -0.05) is 6.58 Å². The van der Waals surface area contributed by atoms with E-state index in [-0.39, 0.29) is 0 Å². The Morgan fingerprint density at radius 3 is 1.88 bits per heavy atom. The Morgan fingerprint density at radius 1 is 1.75 bits per heavy atom. The van der Waals surface area contributed by atoms with Crippen LogP contribution in [0.25, 0.3) is 0 Å². The zero-order valence-corrected chi connectivity index (χ0v) is 5.43. The van der Waals surface area contributed by atoms with E-state index in [0.29, 0.717) is 0 Å². The van der Waals surface area contributed by atoms with Crippen LogP contribution in [-0.4, -0.2) is 16.8 Å². The second-order valence-corrected chi connectivity index (χ2v) is 1.25. The molecule has 5 heteroatoms. The van der Waals surface area contributed by atoms with E-state index < -0.39 is 8.25 Å². The minimum absolute atomic E-state index is 1.62. The highest BCUT2D eigenvalue weighted by molar-refractivity contribution is 7.30. The number of hydrogen-bond acceptors (Lipinski definition) is 2. The molecule has 4 nitrogen and oxygen atoms in total. The van der Waals surface area contributed by atoms with Gasteiger partial charge in [-0.25, -0.2) is 0 Å². The van der Waals surface area contributed by atoms with Gasteiger partial charge >= 0.3 is 8.25 Å². The monoisotopic (exact) mass is 138 g/mol. The summed E-state index contributed by atoms with van der Waals surface area (Å²) in [4.78, 5) is 14.2. The normalized spacial score (nSPS) is 5.88. The SMILES string of the molecule is C=CNC.O=[P+](O)O. The van der Waals surface area contributed by atoms with Crippen molar-refractivity contribution in [2.45, 2.75) is 0 Å². The molecule has 0 aromatic heterocycles. The molecule has 0 fully saturated rings. The molecule has 0 unspecified atom stereocenters. The predicted octanol–water partition coefficient (Wildman–Crippen LogP) is -0.0223. The minimum atomic E-state index is -2.87. The molecular formula is C3H9NO3P+. The van der Waals surface area contributed by atoms with E-state index in [1.54, 1.807) is 6.20 Å². The van der Waals surface area contributed by atoms with E-state index in [0.717, 1.165) is 0 Å². The van der Waals surface area contributed by atoms with Crippen molar-refractivity contribution in [1.29, 1.82) is 0 Å². The van der Waals surface area contributed by atoms with Crippen LogP contribution < -0.4 is 5.32 Å². The fourth-order valence-corrected chi connectivity index (χ4v) is 0.